The number of carbonyl (C=O) groups is 1. The van der Waals surface area contributed by atoms with Crippen LogP contribution >= 0.6 is 0 Å². The van der Waals surface area contributed by atoms with Crippen LogP contribution in [-0.2, 0) is 11.2 Å². The fraction of sp³-hybridized carbons (Fsp3) is 0.533. The van der Waals surface area contributed by atoms with E-state index in [1.165, 1.54) is 12.0 Å². The maximum atomic E-state index is 11.7. The number of hydrogen-bond acceptors (Lipinski definition) is 1. The van der Waals surface area contributed by atoms with Gasteiger partial charge in [-0.3, -0.25) is 4.79 Å². The summed E-state index contributed by atoms with van der Waals surface area (Å²) in [5.41, 5.74) is 1.56. The summed E-state index contributed by atoms with van der Waals surface area (Å²) < 4.78 is 0. The summed E-state index contributed by atoms with van der Waals surface area (Å²) in [6, 6.07) is 10.5. The lowest BCUT2D eigenvalue weighted by molar-refractivity contribution is -0.124. The lowest BCUT2D eigenvalue weighted by Gasteiger charge is -2.34. The van der Waals surface area contributed by atoms with Crippen molar-refractivity contribution >= 4 is 5.78 Å². The number of carbonyl (C=O) groups excluding carboxylic acids is 1. The van der Waals surface area contributed by atoms with E-state index in [9.17, 15) is 4.79 Å². The SMILES string of the molecule is CC1(C)CC(=O)CC(Cc2ccccc2)C1. The predicted octanol–water partition coefficient (Wildman–Crippen LogP) is 3.62. The van der Waals surface area contributed by atoms with Crippen LogP contribution in [0.1, 0.15) is 38.7 Å². The highest BCUT2D eigenvalue weighted by Crippen LogP contribution is 2.38. The zero-order valence-corrected chi connectivity index (χ0v) is 10.2. The van der Waals surface area contributed by atoms with Gasteiger partial charge < -0.3 is 0 Å². The molecule has 1 aromatic rings. The highest BCUT2D eigenvalue weighted by molar-refractivity contribution is 5.80. The van der Waals surface area contributed by atoms with Gasteiger partial charge in [0, 0.05) is 12.8 Å². The topological polar surface area (TPSA) is 17.1 Å². The maximum Gasteiger partial charge on any atom is 0.133 e. The molecule has 0 heterocycles. The van der Waals surface area contributed by atoms with E-state index in [0.29, 0.717) is 11.7 Å². The molecule has 0 aromatic heterocycles. The fourth-order valence-electron chi connectivity index (χ4n) is 2.95. The highest BCUT2D eigenvalue weighted by atomic mass is 16.1. The molecular weight excluding hydrogens is 196 g/mol. The van der Waals surface area contributed by atoms with E-state index in [4.69, 9.17) is 0 Å². The molecule has 0 saturated heterocycles. The van der Waals surface area contributed by atoms with Gasteiger partial charge in [-0.2, -0.15) is 0 Å². The summed E-state index contributed by atoms with van der Waals surface area (Å²) in [6.45, 7) is 4.42. The molecule has 86 valence electrons. The zero-order chi connectivity index (χ0) is 11.6. The van der Waals surface area contributed by atoms with Gasteiger partial charge >= 0.3 is 0 Å². The van der Waals surface area contributed by atoms with Crippen LogP contribution in [0.2, 0.25) is 0 Å². The van der Waals surface area contributed by atoms with Crippen LogP contribution in [0.25, 0.3) is 0 Å². The van der Waals surface area contributed by atoms with Crippen molar-refractivity contribution in [2.75, 3.05) is 0 Å². The van der Waals surface area contributed by atoms with Gasteiger partial charge in [0.2, 0.25) is 0 Å². The third-order valence-electron chi connectivity index (χ3n) is 3.40. The normalized spacial score (nSPS) is 24.4. The Labute approximate surface area is 97.9 Å². The van der Waals surface area contributed by atoms with Crippen molar-refractivity contribution in [3.63, 3.8) is 0 Å². The van der Waals surface area contributed by atoms with Crippen LogP contribution in [0.15, 0.2) is 30.3 Å². The molecule has 1 atom stereocenters. The molecule has 0 N–H and O–H groups in total. The Morgan fingerprint density at radius 1 is 1.25 bits per heavy atom. The number of benzene rings is 1. The van der Waals surface area contributed by atoms with E-state index in [2.05, 4.69) is 38.1 Å². The first kappa shape index (κ1) is 11.4. The Bertz CT molecular complexity index is 364. The van der Waals surface area contributed by atoms with Crippen LogP contribution in [0.5, 0.6) is 0 Å². The Morgan fingerprint density at radius 3 is 2.56 bits per heavy atom. The van der Waals surface area contributed by atoms with Crippen molar-refractivity contribution < 1.29 is 4.79 Å². The maximum absolute atomic E-state index is 11.7. The molecule has 1 saturated carbocycles. The molecule has 0 radical (unpaired) electrons. The summed E-state index contributed by atoms with van der Waals surface area (Å²) in [4.78, 5) is 11.7. The lowest BCUT2D eigenvalue weighted by atomic mass is 9.70. The minimum atomic E-state index is 0.203. The summed E-state index contributed by atoms with van der Waals surface area (Å²) in [5, 5.41) is 0. The smallest absolute Gasteiger partial charge is 0.133 e. The van der Waals surface area contributed by atoms with E-state index in [0.717, 1.165) is 19.3 Å². The first-order chi connectivity index (χ1) is 7.55. The standard InChI is InChI=1S/C15H20O/c1-15(2)10-13(9-14(16)11-15)8-12-6-4-3-5-7-12/h3-7,13H,8-11H2,1-2H3. The van der Waals surface area contributed by atoms with Crippen molar-refractivity contribution in [3.8, 4) is 0 Å². The van der Waals surface area contributed by atoms with Gasteiger partial charge in [-0.15, -0.1) is 0 Å². The summed E-state index contributed by atoms with van der Waals surface area (Å²) in [6.07, 6.45) is 3.76. The molecule has 1 heteroatoms. The molecule has 1 fully saturated rings. The number of rotatable bonds is 2. The van der Waals surface area contributed by atoms with Crippen molar-refractivity contribution in [2.45, 2.75) is 39.5 Å². The first-order valence-electron chi connectivity index (χ1n) is 6.11. The predicted molar refractivity (Wildman–Crippen MR) is 66.3 cm³/mol. The summed E-state index contributed by atoms with van der Waals surface area (Å²) in [5.74, 6) is 0.982. The van der Waals surface area contributed by atoms with Crippen LogP contribution in [0, 0.1) is 11.3 Å². The minimum absolute atomic E-state index is 0.203. The number of Topliss-reactive ketones (excluding diaryl/α,β-unsaturated/α-hetero) is 1. The number of hydrogen-bond donors (Lipinski definition) is 0. The fourth-order valence-corrected chi connectivity index (χ4v) is 2.95. The molecule has 1 unspecified atom stereocenters. The Morgan fingerprint density at radius 2 is 1.94 bits per heavy atom. The molecule has 0 spiro atoms. The van der Waals surface area contributed by atoms with Gasteiger partial charge in [0.05, 0.1) is 0 Å². The zero-order valence-electron chi connectivity index (χ0n) is 10.2. The minimum Gasteiger partial charge on any atom is -0.300 e. The van der Waals surface area contributed by atoms with Gasteiger partial charge in [0.25, 0.3) is 0 Å². The average Bonchev–Trinajstić information content (AvgIpc) is 2.15. The lowest BCUT2D eigenvalue weighted by Crippen LogP contribution is -2.29. The molecular formula is C15H20O. The van der Waals surface area contributed by atoms with Gasteiger partial charge in [0.15, 0.2) is 0 Å². The highest BCUT2D eigenvalue weighted by Gasteiger charge is 2.32. The third-order valence-corrected chi connectivity index (χ3v) is 3.40. The van der Waals surface area contributed by atoms with Gasteiger partial charge in [-0.1, -0.05) is 44.2 Å². The van der Waals surface area contributed by atoms with Crippen molar-refractivity contribution in [1.29, 1.82) is 0 Å². The Balaban J connectivity index is 2.03. The molecule has 0 aliphatic heterocycles. The average molecular weight is 216 g/mol. The second-order valence-electron chi connectivity index (χ2n) is 5.84. The van der Waals surface area contributed by atoms with Gasteiger partial charge in [-0.05, 0) is 29.7 Å². The molecule has 0 amide bonds. The summed E-state index contributed by atoms with van der Waals surface area (Å²) >= 11 is 0. The van der Waals surface area contributed by atoms with Crippen molar-refractivity contribution in [1.82, 2.24) is 0 Å². The van der Waals surface area contributed by atoms with E-state index >= 15 is 0 Å². The van der Waals surface area contributed by atoms with E-state index < -0.39 is 0 Å². The number of ketones is 1. The van der Waals surface area contributed by atoms with Crippen molar-refractivity contribution in [2.24, 2.45) is 11.3 Å². The van der Waals surface area contributed by atoms with Crippen LogP contribution in [0.3, 0.4) is 0 Å². The molecule has 2 rings (SSSR count). The molecule has 1 aliphatic rings. The van der Waals surface area contributed by atoms with E-state index in [1.807, 2.05) is 6.07 Å². The van der Waals surface area contributed by atoms with Crippen molar-refractivity contribution in [3.05, 3.63) is 35.9 Å². The second-order valence-corrected chi connectivity index (χ2v) is 5.84. The van der Waals surface area contributed by atoms with Gasteiger partial charge in [0.1, 0.15) is 5.78 Å². The monoisotopic (exact) mass is 216 g/mol. The molecule has 16 heavy (non-hydrogen) atoms. The Kier molecular flexibility index (Phi) is 3.13. The van der Waals surface area contributed by atoms with E-state index in [-0.39, 0.29) is 5.41 Å². The third kappa shape index (κ3) is 2.94. The molecule has 1 nitrogen and oxygen atoms in total. The van der Waals surface area contributed by atoms with Crippen LogP contribution in [-0.4, -0.2) is 5.78 Å². The molecule has 1 aliphatic carbocycles. The van der Waals surface area contributed by atoms with Gasteiger partial charge in [-0.25, -0.2) is 0 Å². The van der Waals surface area contributed by atoms with Crippen LogP contribution < -0.4 is 0 Å². The largest absolute Gasteiger partial charge is 0.300 e. The van der Waals surface area contributed by atoms with E-state index in [1.54, 1.807) is 0 Å². The second kappa shape index (κ2) is 4.40. The molecule has 1 aromatic carbocycles. The summed E-state index contributed by atoms with van der Waals surface area (Å²) in [7, 11) is 0. The quantitative estimate of drug-likeness (QED) is 0.738. The molecule has 0 bridgehead atoms. The first-order valence-corrected chi connectivity index (χ1v) is 6.11. The van der Waals surface area contributed by atoms with Crippen LogP contribution in [0.4, 0.5) is 0 Å². The Hall–Kier alpha value is -1.11.